The van der Waals surface area contributed by atoms with E-state index in [1.54, 1.807) is 0 Å². The first-order valence-electron chi connectivity index (χ1n) is 0.943. The molecule has 0 unspecified atom stereocenters. The SMILES string of the molecule is O.[OH2+][B-](F)(F)F. The largest absolute Gasteiger partial charge is 0.841 e. The van der Waals surface area contributed by atoms with Gasteiger partial charge in [0.1, 0.15) is 0 Å². The molecule has 0 rings (SSSR count). The Kier molecular flexibility index (Phi) is 3.14. The molecule has 40 valence electrons. The molecular formula is H4BF3O2. The van der Waals surface area contributed by atoms with Crippen LogP contribution < -0.4 is 0 Å². The average Bonchev–Trinajstić information content (AvgIpc) is 0.722. The van der Waals surface area contributed by atoms with E-state index in [9.17, 15) is 12.9 Å². The molecule has 0 aromatic rings. The zero-order valence-corrected chi connectivity index (χ0v) is 2.71. The first kappa shape index (κ1) is 9.24. The average molecular weight is 104 g/mol. The van der Waals surface area contributed by atoms with Gasteiger partial charge in [-0.05, 0) is 0 Å². The van der Waals surface area contributed by atoms with Crippen LogP contribution in [0.1, 0.15) is 0 Å². The van der Waals surface area contributed by atoms with Crippen molar-refractivity contribution in [3.8, 4) is 0 Å². The van der Waals surface area contributed by atoms with Gasteiger partial charge in [-0.3, -0.25) is 0 Å². The molecule has 0 aliphatic carbocycles. The summed E-state index contributed by atoms with van der Waals surface area (Å²) in [4.78, 5) is 0. The molecule has 0 saturated carbocycles. The van der Waals surface area contributed by atoms with Gasteiger partial charge >= 0.3 is 7.18 Å². The molecule has 0 atom stereocenters. The molecule has 0 saturated heterocycles. The van der Waals surface area contributed by atoms with Crippen LogP contribution in [-0.2, 0) is 0 Å². The van der Waals surface area contributed by atoms with Crippen molar-refractivity contribution in [1.29, 1.82) is 0 Å². The minimum Gasteiger partial charge on any atom is -0.604 e. The molecule has 0 fully saturated rings. The third kappa shape index (κ3) is 574. The number of rotatable bonds is 0. The van der Waals surface area contributed by atoms with E-state index in [2.05, 4.69) is 0 Å². The van der Waals surface area contributed by atoms with Crippen LogP contribution in [0.5, 0.6) is 0 Å². The molecule has 0 radical (unpaired) electrons. The highest BCUT2D eigenvalue weighted by Gasteiger charge is 2.31. The van der Waals surface area contributed by atoms with Gasteiger partial charge in [0.25, 0.3) is 0 Å². The number of hydrogen-bond acceptors (Lipinski definition) is 0. The van der Waals surface area contributed by atoms with Gasteiger partial charge in [-0.1, -0.05) is 0 Å². The van der Waals surface area contributed by atoms with Gasteiger partial charge in [-0.15, -0.1) is 0 Å². The molecule has 0 aromatic heterocycles. The summed E-state index contributed by atoms with van der Waals surface area (Å²) in [5.74, 6) is 0. The normalized spacial score (nSPS) is 10.0. The van der Waals surface area contributed by atoms with Gasteiger partial charge in [0.2, 0.25) is 0 Å². The molecule has 4 N–H and O–H groups in total. The summed E-state index contributed by atoms with van der Waals surface area (Å²) in [5.41, 5.74) is 0. The summed E-state index contributed by atoms with van der Waals surface area (Å²) in [6.07, 6.45) is 0. The Morgan fingerprint density at radius 1 is 1.17 bits per heavy atom. The van der Waals surface area contributed by atoms with Crippen molar-refractivity contribution in [1.82, 2.24) is 0 Å². The van der Waals surface area contributed by atoms with Crippen molar-refractivity contribution in [2.75, 3.05) is 0 Å². The second-order valence-electron chi connectivity index (χ2n) is 0.575. The van der Waals surface area contributed by atoms with Gasteiger partial charge < -0.3 is 23.4 Å². The zero-order valence-electron chi connectivity index (χ0n) is 2.71. The molecule has 6 heavy (non-hydrogen) atoms. The molecule has 6 heteroatoms. The van der Waals surface area contributed by atoms with Crippen LogP contribution in [0.15, 0.2) is 0 Å². The lowest BCUT2D eigenvalue weighted by molar-refractivity contribution is 0.284. The van der Waals surface area contributed by atoms with Crippen LogP contribution in [-0.4, -0.2) is 17.7 Å². The fourth-order valence-electron chi connectivity index (χ4n) is 0. The first-order chi connectivity index (χ1) is 2.00. The van der Waals surface area contributed by atoms with Crippen LogP contribution in [0.3, 0.4) is 0 Å². The smallest absolute Gasteiger partial charge is 0.604 e. The van der Waals surface area contributed by atoms with Crippen molar-refractivity contribution >= 4 is 7.18 Å². The second kappa shape index (κ2) is 2.04. The molecule has 0 aliphatic rings. The zero-order chi connectivity index (χ0) is 4.50. The molecular weight excluding hydrogens is 99.8 g/mol. The molecule has 0 aromatic carbocycles. The Morgan fingerprint density at radius 2 is 1.17 bits per heavy atom. The summed E-state index contributed by atoms with van der Waals surface area (Å²) in [6.45, 7) is 0. The summed E-state index contributed by atoms with van der Waals surface area (Å²) in [7, 11) is -5.25. The Balaban J connectivity index is 0. The van der Waals surface area contributed by atoms with Crippen LogP contribution in [0.2, 0.25) is 0 Å². The molecule has 0 bridgehead atoms. The van der Waals surface area contributed by atoms with E-state index in [0.29, 0.717) is 0 Å². The van der Waals surface area contributed by atoms with Crippen molar-refractivity contribution in [3.05, 3.63) is 0 Å². The summed E-state index contributed by atoms with van der Waals surface area (Å²) in [5, 5.41) is 5.00. The maximum atomic E-state index is 10.1. The maximum Gasteiger partial charge on any atom is 0.841 e. The van der Waals surface area contributed by atoms with E-state index in [4.69, 9.17) is 5.02 Å². The van der Waals surface area contributed by atoms with Crippen molar-refractivity contribution in [2.45, 2.75) is 0 Å². The standard InChI is InChI=1S/BF3H2O.H2O/c2-1(3,4)5;/h5H2;1H2. The highest BCUT2D eigenvalue weighted by molar-refractivity contribution is 6.49. The van der Waals surface area contributed by atoms with E-state index < -0.39 is 7.18 Å². The predicted molar refractivity (Wildman–Crippen MR) is 16.3 cm³/mol. The van der Waals surface area contributed by atoms with E-state index >= 15 is 0 Å². The van der Waals surface area contributed by atoms with Gasteiger partial charge in [-0.25, -0.2) is 0 Å². The summed E-state index contributed by atoms with van der Waals surface area (Å²) >= 11 is 0. The quantitative estimate of drug-likeness (QED) is 0.286. The first-order valence-corrected chi connectivity index (χ1v) is 0.943. The topological polar surface area (TPSA) is 54.4 Å². The molecule has 0 heterocycles. The van der Waals surface area contributed by atoms with Crippen LogP contribution in [0.25, 0.3) is 0 Å². The summed E-state index contributed by atoms with van der Waals surface area (Å²) < 4.78 is 30.2. The highest BCUT2D eigenvalue weighted by atomic mass is 19.4. The maximum absolute atomic E-state index is 10.1. The minimum atomic E-state index is -5.25. The monoisotopic (exact) mass is 104 g/mol. The van der Waals surface area contributed by atoms with Crippen molar-refractivity contribution < 1.29 is 23.4 Å². The van der Waals surface area contributed by atoms with E-state index in [1.165, 1.54) is 0 Å². The predicted octanol–water partition coefficient (Wildman–Crippen LogP) is -0.770. The lowest BCUT2D eigenvalue weighted by Crippen LogP contribution is -2.11. The van der Waals surface area contributed by atoms with Gasteiger partial charge in [0, 0.05) is 0 Å². The number of hydrogen-bond donors (Lipinski definition) is 0. The Hall–Kier alpha value is -0.225. The fourth-order valence-corrected chi connectivity index (χ4v) is 0. The third-order valence-corrected chi connectivity index (χ3v) is 0. The van der Waals surface area contributed by atoms with Gasteiger partial charge in [-0.2, -0.15) is 0 Å². The summed E-state index contributed by atoms with van der Waals surface area (Å²) in [6, 6.07) is 0. The Bertz CT molecular complexity index is 24.3. The molecule has 0 amide bonds. The van der Waals surface area contributed by atoms with Crippen LogP contribution in [0.4, 0.5) is 12.9 Å². The van der Waals surface area contributed by atoms with Gasteiger partial charge in [0.15, 0.2) is 0 Å². The van der Waals surface area contributed by atoms with E-state index in [1.807, 2.05) is 0 Å². The van der Waals surface area contributed by atoms with Gasteiger partial charge in [0.05, 0.1) is 0 Å². The van der Waals surface area contributed by atoms with Crippen molar-refractivity contribution in [3.63, 3.8) is 0 Å². The van der Waals surface area contributed by atoms with E-state index in [0.717, 1.165) is 0 Å². The number of halogens is 3. The van der Waals surface area contributed by atoms with E-state index in [-0.39, 0.29) is 5.48 Å². The Labute approximate surface area is 32.0 Å². The van der Waals surface area contributed by atoms with Crippen LogP contribution in [0, 0.1) is 0 Å². The Morgan fingerprint density at radius 3 is 1.17 bits per heavy atom. The molecule has 0 spiro atoms. The second-order valence-corrected chi connectivity index (χ2v) is 0.575. The third-order valence-electron chi connectivity index (χ3n) is 0. The minimum absolute atomic E-state index is 0. The lowest BCUT2D eigenvalue weighted by atomic mass is 10.3. The van der Waals surface area contributed by atoms with Crippen LogP contribution >= 0.6 is 0 Å². The highest BCUT2D eigenvalue weighted by Crippen LogP contribution is 1.98. The van der Waals surface area contributed by atoms with Crippen molar-refractivity contribution in [2.24, 2.45) is 0 Å². The lowest BCUT2D eigenvalue weighted by Gasteiger charge is -1.89. The fraction of sp³-hybridized carbons (Fsp3) is 0. The molecule has 0 aliphatic heterocycles. The molecule has 2 nitrogen and oxygen atoms in total.